The maximum absolute atomic E-state index is 9.12. The van der Waals surface area contributed by atoms with Crippen LogP contribution in [0.1, 0.15) is 6.92 Å². The Morgan fingerprint density at radius 2 is 2.09 bits per heavy atom. The van der Waals surface area contributed by atoms with Gasteiger partial charge in [-0.25, -0.2) is 0 Å². The Morgan fingerprint density at radius 3 is 2.64 bits per heavy atom. The topological polar surface area (TPSA) is 38.7 Å². The van der Waals surface area contributed by atoms with Crippen LogP contribution in [0.4, 0.5) is 0 Å². The smallest absolute Gasteiger partial charge is 0.101 e. The molecule has 0 aromatic rings. The third-order valence-electron chi connectivity index (χ3n) is 1.06. The molecule has 0 saturated heterocycles. The summed E-state index contributed by atoms with van der Waals surface area (Å²) >= 11 is 0. The number of aliphatic hydroxyl groups excluding tert-OH is 1. The van der Waals surface area contributed by atoms with Crippen molar-refractivity contribution in [3.8, 4) is 0 Å². The maximum Gasteiger partial charge on any atom is 0.101 e. The molecule has 0 bridgehead atoms. The molecule has 0 rings (SSSR count). The van der Waals surface area contributed by atoms with Gasteiger partial charge in [0.05, 0.1) is 19.8 Å². The van der Waals surface area contributed by atoms with Gasteiger partial charge in [-0.3, -0.25) is 0 Å². The normalized spacial score (nSPS) is 12.9. The van der Waals surface area contributed by atoms with Crippen LogP contribution in [0, 0.1) is 0 Å². The van der Waals surface area contributed by atoms with Gasteiger partial charge in [-0.2, -0.15) is 0 Å². The summed E-state index contributed by atoms with van der Waals surface area (Å²) in [5.74, 6) is 0. The molecule has 0 spiro atoms. The summed E-state index contributed by atoms with van der Waals surface area (Å²) in [6.07, 6.45) is 1.13. The van der Waals surface area contributed by atoms with Crippen molar-refractivity contribution in [1.82, 2.24) is 0 Å². The average Bonchev–Trinajstić information content (AvgIpc) is 2.01. The van der Waals surface area contributed by atoms with Gasteiger partial charge < -0.3 is 14.6 Å². The van der Waals surface area contributed by atoms with E-state index in [4.69, 9.17) is 14.6 Å². The van der Waals surface area contributed by atoms with Crippen LogP contribution >= 0.6 is 0 Å². The van der Waals surface area contributed by atoms with E-state index in [1.807, 2.05) is 6.92 Å². The molecular weight excluding hydrogens is 144 g/mol. The Hall–Kier alpha value is -0.380. The van der Waals surface area contributed by atoms with Crippen molar-refractivity contribution >= 4 is 0 Å². The molecule has 3 heteroatoms. The van der Waals surface area contributed by atoms with Crippen LogP contribution in [-0.4, -0.2) is 37.6 Å². The first-order valence-electron chi connectivity index (χ1n) is 3.75. The third-order valence-corrected chi connectivity index (χ3v) is 1.06. The van der Waals surface area contributed by atoms with Crippen LogP contribution in [0.15, 0.2) is 12.7 Å². The van der Waals surface area contributed by atoms with Gasteiger partial charge >= 0.3 is 0 Å². The highest BCUT2D eigenvalue weighted by Gasteiger charge is 2.01. The van der Waals surface area contributed by atoms with Crippen molar-refractivity contribution in [2.75, 3.05) is 26.4 Å². The number of rotatable bonds is 7. The molecule has 0 aromatic carbocycles. The first-order valence-corrected chi connectivity index (χ1v) is 3.75. The van der Waals surface area contributed by atoms with Crippen molar-refractivity contribution in [2.24, 2.45) is 0 Å². The lowest BCUT2D eigenvalue weighted by Crippen LogP contribution is -2.21. The van der Waals surface area contributed by atoms with Crippen LogP contribution in [0.5, 0.6) is 0 Å². The second kappa shape index (κ2) is 7.72. The van der Waals surface area contributed by atoms with Gasteiger partial charge in [0.25, 0.3) is 0 Å². The summed E-state index contributed by atoms with van der Waals surface area (Å²) in [5.41, 5.74) is 0. The number of hydrogen-bond donors (Lipinski definition) is 1. The summed E-state index contributed by atoms with van der Waals surface area (Å²) in [7, 11) is 0. The lowest BCUT2D eigenvalue weighted by atomic mass is 10.4. The summed E-state index contributed by atoms with van der Waals surface area (Å²) in [6, 6.07) is 0. The first kappa shape index (κ1) is 10.6. The lowest BCUT2D eigenvalue weighted by molar-refractivity contribution is -0.00989. The molecule has 3 nitrogen and oxygen atoms in total. The van der Waals surface area contributed by atoms with E-state index in [-0.39, 0.29) is 0 Å². The molecule has 0 aliphatic rings. The highest BCUT2D eigenvalue weighted by Crippen LogP contribution is 1.87. The fourth-order valence-corrected chi connectivity index (χ4v) is 0.589. The molecule has 1 unspecified atom stereocenters. The molecule has 0 amide bonds. The average molecular weight is 160 g/mol. The van der Waals surface area contributed by atoms with E-state index in [0.717, 1.165) is 0 Å². The van der Waals surface area contributed by atoms with Crippen molar-refractivity contribution < 1.29 is 14.6 Å². The minimum Gasteiger partial charge on any atom is -0.388 e. The zero-order valence-corrected chi connectivity index (χ0v) is 6.95. The zero-order chi connectivity index (χ0) is 8.53. The van der Waals surface area contributed by atoms with Gasteiger partial charge in [-0.05, 0) is 6.92 Å². The number of ether oxygens (including phenoxy) is 2. The van der Waals surface area contributed by atoms with E-state index >= 15 is 0 Å². The van der Waals surface area contributed by atoms with Crippen molar-refractivity contribution in [3.05, 3.63) is 12.7 Å². The fraction of sp³-hybridized carbons (Fsp3) is 0.750. The summed E-state index contributed by atoms with van der Waals surface area (Å²) in [6.45, 7) is 7.12. The molecule has 66 valence electrons. The quantitative estimate of drug-likeness (QED) is 0.437. The highest BCUT2D eigenvalue weighted by atomic mass is 16.5. The Morgan fingerprint density at radius 1 is 1.45 bits per heavy atom. The molecule has 0 aliphatic heterocycles. The predicted octanol–water partition coefficient (Wildman–Crippen LogP) is 0.586. The van der Waals surface area contributed by atoms with Gasteiger partial charge in [0.2, 0.25) is 0 Å². The summed E-state index contributed by atoms with van der Waals surface area (Å²) < 4.78 is 9.96. The second-order valence-corrected chi connectivity index (χ2v) is 2.14. The zero-order valence-electron chi connectivity index (χ0n) is 6.95. The van der Waals surface area contributed by atoms with E-state index < -0.39 is 6.10 Å². The second-order valence-electron chi connectivity index (χ2n) is 2.14. The first-order chi connectivity index (χ1) is 5.31. The molecule has 1 N–H and O–H groups in total. The van der Waals surface area contributed by atoms with E-state index in [0.29, 0.717) is 26.4 Å². The standard InChI is InChI=1S/C8H16O3/c1-3-5-11-7-8(9)6-10-4-2/h3,8-9H,1,4-7H2,2H3. The van der Waals surface area contributed by atoms with E-state index in [9.17, 15) is 0 Å². The predicted molar refractivity (Wildman–Crippen MR) is 43.5 cm³/mol. The van der Waals surface area contributed by atoms with Crippen LogP contribution in [0.2, 0.25) is 0 Å². The molecule has 0 aromatic heterocycles. The summed E-state index contributed by atoms with van der Waals surface area (Å²) in [4.78, 5) is 0. The fourth-order valence-electron chi connectivity index (χ4n) is 0.589. The molecule has 0 heterocycles. The Kier molecular flexibility index (Phi) is 7.46. The molecule has 1 atom stereocenters. The monoisotopic (exact) mass is 160 g/mol. The lowest BCUT2D eigenvalue weighted by Gasteiger charge is -2.09. The summed E-state index contributed by atoms with van der Waals surface area (Å²) in [5, 5.41) is 9.12. The van der Waals surface area contributed by atoms with Crippen LogP contribution in [-0.2, 0) is 9.47 Å². The minimum absolute atomic E-state index is 0.312. The SMILES string of the molecule is C=CCOCC(O)COCC. The number of aliphatic hydroxyl groups is 1. The Bertz CT molecular complexity index is 93.3. The molecule has 11 heavy (non-hydrogen) atoms. The van der Waals surface area contributed by atoms with Crippen molar-refractivity contribution in [1.29, 1.82) is 0 Å². The van der Waals surface area contributed by atoms with Crippen molar-refractivity contribution in [2.45, 2.75) is 13.0 Å². The molecule has 0 aliphatic carbocycles. The largest absolute Gasteiger partial charge is 0.388 e. The van der Waals surface area contributed by atoms with E-state index in [2.05, 4.69) is 6.58 Å². The van der Waals surface area contributed by atoms with E-state index in [1.165, 1.54) is 0 Å². The Balaban J connectivity index is 3.08. The molecule has 0 fully saturated rings. The van der Waals surface area contributed by atoms with Gasteiger partial charge in [0, 0.05) is 6.61 Å². The molecule has 0 saturated carbocycles. The number of hydrogen-bond acceptors (Lipinski definition) is 3. The van der Waals surface area contributed by atoms with Crippen molar-refractivity contribution in [3.63, 3.8) is 0 Å². The molecule has 0 radical (unpaired) electrons. The molecular formula is C8H16O3. The maximum atomic E-state index is 9.12. The van der Waals surface area contributed by atoms with Gasteiger partial charge in [0.1, 0.15) is 6.10 Å². The van der Waals surface area contributed by atoms with Crippen LogP contribution < -0.4 is 0 Å². The van der Waals surface area contributed by atoms with Gasteiger partial charge in [-0.15, -0.1) is 6.58 Å². The van der Waals surface area contributed by atoms with E-state index in [1.54, 1.807) is 6.08 Å². The Labute approximate surface area is 67.6 Å². The van der Waals surface area contributed by atoms with Gasteiger partial charge in [-0.1, -0.05) is 6.08 Å². The van der Waals surface area contributed by atoms with Gasteiger partial charge in [0.15, 0.2) is 0 Å². The third kappa shape index (κ3) is 7.52. The minimum atomic E-state index is -0.519. The van der Waals surface area contributed by atoms with Crippen LogP contribution in [0.3, 0.4) is 0 Å². The van der Waals surface area contributed by atoms with Crippen LogP contribution in [0.25, 0.3) is 0 Å². The highest BCUT2D eigenvalue weighted by molar-refractivity contribution is 4.64.